The van der Waals surface area contributed by atoms with Gasteiger partial charge in [-0.1, -0.05) is 0 Å². The second-order valence-electron chi connectivity index (χ2n) is 5.96. The van der Waals surface area contributed by atoms with E-state index in [0.717, 1.165) is 34.9 Å². The van der Waals surface area contributed by atoms with Crippen LogP contribution in [-0.2, 0) is 0 Å². The van der Waals surface area contributed by atoms with Crippen LogP contribution in [0.4, 0.5) is 11.5 Å². The Morgan fingerprint density at radius 1 is 1.29 bits per heavy atom. The molecule has 1 aromatic heterocycles. The molecule has 5 heteroatoms. The zero-order valence-corrected chi connectivity index (χ0v) is 12.5. The predicted molar refractivity (Wildman–Crippen MR) is 87.3 cm³/mol. The van der Waals surface area contributed by atoms with E-state index in [0.29, 0.717) is 0 Å². The molecular weight excluding hydrogens is 262 g/mol. The minimum absolute atomic E-state index is 0.735. The first-order valence-corrected chi connectivity index (χ1v) is 7.65. The molecule has 1 aliphatic rings. The summed E-state index contributed by atoms with van der Waals surface area (Å²) in [7, 11) is 2.20. The van der Waals surface area contributed by atoms with Crippen molar-refractivity contribution in [2.45, 2.75) is 19.3 Å². The molecule has 1 aromatic carbocycles. The van der Waals surface area contributed by atoms with Gasteiger partial charge >= 0.3 is 0 Å². The summed E-state index contributed by atoms with van der Waals surface area (Å²) in [4.78, 5) is 11.0. The molecule has 0 atom stereocenters. The number of fused-ring (bicyclic) bond motifs is 1. The third-order valence-electron chi connectivity index (χ3n) is 4.34. The number of benzene rings is 1. The van der Waals surface area contributed by atoms with E-state index < -0.39 is 0 Å². The lowest BCUT2D eigenvalue weighted by molar-refractivity contribution is 0.215. The third kappa shape index (κ3) is 3.42. The Bertz CT molecular complexity index is 605. The van der Waals surface area contributed by atoms with Gasteiger partial charge in [-0.3, -0.25) is 0 Å². The van der Waals surface area contributed by atoms with Gasteiger partial charge in [0.25, 0.3) is 0 Å². The van der Waals surface area contributed by atoms with Crippen molar-refractivity contribution >= 4 is 22.4 Å². The highest BCUT2D eigenvalue weighted by molar-refractivity contribution is 5.90. The van der Waals surface area contributed by atoms with Crippen LogP contribution in [0.1, 0.15) is 19.3 Å². The van der Waals surface area contributed by atoms with Crippen LogP contribution < -0.4 is 11.1 Å². The van der Waals surface area contributed by atoms with Crippen molar-refractivity contribution in [2.24, 2.45) is 5.92 Å². The second-order valence-corrected chi connectivity index (χ2v) is 5.96. The number of rotatable bonds is 4. The van der Waals surface area contributed by atoms with Crippen LogP contribution in [0.15, 0.2) is 24.5 Å². The Hall–Kier alpha value is -1.88. The second kappa shape index (κ2) is 6.26. The number of hydrogen-bond acceptors (Lipinski definition) is 5. The predicted octanol–water partition coefficient (Wildman–Crippen LogP) is 2.36. The van der Waals surface area contributed by atoms with E-state index in [-0.39, 0.29) is 0 Å². The van der Waals surface area contributed by atoms with E-state index in [4.69, 9.17) is 5.73 Å². The lowest BCUT2D eigenvalue weighted by Crippen LogP contribution is -2.30. The molecule has 0 saturated carbocycles. The normalized spacial score (nSPS) is 17.2. The van der Waals surface area contributed by atoms with E-state index >= 15 is 0 Å². The van der Waals surface area contributed by atoms with Crippen LogP contribution >= 0.6 is 0 Å². The summed E-state index contributed by atoms with van der Waals surface area (Å²) >= 11 is 0. The van der Waals surface area contributed by atoms with Crippen LogP contribution in [0.2, 0.25) is 0 Å². The Labute approximate surface area is 125 Å². The first kappa shape index (κ1) is 14.1. The molecule has 1 aliphatic heterocycles. The zero-order valence-electron chi connectivity index (χ0n) is 12.5. The minimum atomic E-state index is 0.735. The number of anilines is 2. The molecule has 2 aromatic rings. The highest BCUT2D eigenvalue weighted by Crippen LogP contribution is 2.23. The topological polar surface area (TPSA) is 67.1 Å². The molecule has 1 fully saturated rings. The number of nitrogens with two attached hydrogens (primary N) is 1. The van der Waals surface area contributed by atoms with Gasteiger partial charge in [0.05, 0.1) is 5.52 Å². The summed E-state index contributed by atoms with van der Waals surface area (Å²) in [6.07, 6.45) is 5.41. The summed E-state index contributed by atoms with van der Waals surface area (Å²) in [5.41, 5.74) is 7.43. The Kier molecular flexibility index (Phi) is 4.20. The molecule has 0 spiro atoms. The molecule has 3 N–H and O–H groups in total. The highest BCUT2D eigenvalue weighted by Gasteiger charge is 2.16. The van der Waals surface area contributed by atoms with E-state index in [1.807, 2.05) is 18.2 Å². The van der Waals surface area contributed by atoms with Crippen molar-refractivity contribution in [1.82, 2.24) is 14.9 Å². The molecule has 1 saturated heterocycles. The maximum Gasteiger partial charge on any atom is 0.137 e. The fraction of sp³-hybridized carbons (Fsp3) is 0.500. The molecular formula is C16H23N5. The van der Waals surface area contributed by atoms with Crippen molar-refractivity contribution < 1.29 is 0 Å². The van der Waals surface area contributed by atoms with Gasteiger partial charge in [0.15, 0.2) is 0 Å². The molecule has 5 nitrogen and oxygen atoms in total. The molecule has 2 heterocycles. The standard InChI is InChI=1S/C16H23N5/c1-21-8-5-12(6-9-21)4-7-18-16-14-3-2-13(17)10-15(14)19-11-20-16/h2-3,10-12H,4-9,17H2,1H3,(H,18,19,20). The van der Waals surface area contributed by atoms with Gasteiger partial charge in [0.1, 0.15) is 12.1 Å². The largest absolute Gasteiger partial charge is 0.399 e. The number of nitrogens with one attached hydrogen (secondary N) is 1. The first-order chi connectivity index (χ1) is 10.2. The number of piperidine rings is 1. The van der Waals surface area contributed by atoms with Gasteiger partial charge in [-0.15, -0.1) is 0 Å². The molecule has 0 unspecified atom stereocenters. The quantitative estimate of drug-likeness (QED) is 0.844. The van der Waals surface area contributed by atoms with E-state index in [1.54, 1.807) is 6.33 Å². The minimum Gasteiger partial charge on any atom is -0.399 e. The fourth-order valence-corrected chi connectivity index (χ4v) is 2.96. The maximum absolute atomic E-state index is 5.80. The van der Waals surface area contributed by atoms with E-state index in [9.17, 15) is 0 Å². The number of aromatic nitrogens is 2. The molecule has 3 rings (SSSR count). The van der Waals surface area contributed by atoms with Crippen LogP contribution in [0.3, 0.4) is 0 Å². The average molecular weight is 285 g/mol. The molecule has 0 aliphatic carbocycles. The van der Waals surface area contributed by atoms with Crippen molar-refractivity contribution in [1.29, 1.82) is 0 Å². The highest BCUT2D eigenvalue weighted by atomic mass is 15.1. The average Bonchev–Trinajstić information content (AvgIpc) is 2.49. The molecule has 0 radical (unpaired) electrons. The fourth-order valence-electron chi connectivity index (χ4n) is 2.96. The smallest absolute Gasteiger partial charge is 0.137 e. The van der Waals surface area contributed by atoms with E-state index in [2.05, 4.69) is 27.2 Å². The maximum atomic E-state index is 5.80. The Morgan fingerprint density at radius 3 is 2.90 bits per heavy atom. The molecule has 0 amide bonds. The van der Waals surface area contributed by atoms with Crippen LogP contribution in [0, 0.1) is 5.92 Å². The van der Waals surface area contributed by atoms with Gasteiger partial charge in [-0.25, -0.2) is 9.97 Å². The van der Waals surface area contributed by atoms with Crippen molar-refractivity contribution in [2.75, 3.05) is 37.7 Å². The van der Waals surface area contributed by atoms with Crippen LogP contribution in [0.25, 0.3) is 10.9 Å². The van der Waals surface area contributed by atoms with Gasteiger partial charge in [0.2, 0.25) is 0 Å². The number of likely N-dealkylation sites (tertiary alicyclic amines) is 1. The summed E-state index contributed by atoms with van der Waals surface area (Å²) in [6.45, 7) is 3.41. The molecule has 112 valence electrons. The van der Waals surface area contributed by atoms with Crippen molar-refractivity contribution in [3.63, 3.8) is 0 Å². The van der Waals surface area contributed by atoms with Gasteiger partial charge in [0, 0.05) is 17.6 Å². The van der Waals surface area contributed by atoms with Crippen LogP contribution in [0.5, 0.6) is 0 Å². The Balaban J connectivity index is 1.60. The van der Waals surface area contributed by atoms with Gasteiger partial charge in [-0.2, -0.15) is 0 Å². The van der Waals surface area contributed by atoms with Crippen LogP contribution in [-0.4, -0.2) is 41.5 Å². The summed E-state index contributed by atoms with van der Waals surface area (Å²) < 4.78 is 0. The SMILES string of the molecule is CN1CCC(CCNc2ncnc3cc(N)ccc23)CC1. The molecule has 0 bridgehead atoms. The van der Waals surface area contributed by atoms with Gasteiger partial charge in [-0.05, 0) is 63.5 Å². The van der Waals surface area contributed by atoms with Crippen molar-refractivity contribution in [3.05, 3.63) is 24.5 Å². The van der Waals surface area contributed by atoms with Gasteiger partial charge < -0.3 is 16.0 Å². The number of hydrogen-bond donors (Lipinski definition) is 2. The summed E-state index contributed by atoms with van der Waals surface area (Å²) in [5.74, 6) is 1.74. The number of nitrogen functional groups attached to an aromatic ring is 1. The summed E-state index contributed by atoms with van der Waals surface area (Å²) in [6, 6.07) is 5.77. The zero-order chi connectivity index (χ0) is 14.7. The van der Waals surface area contributed by atoms with Crippen molar-refractivity contribution in [3.8, 4) is 0 Å². The number of nitrogens with zero attached hydrogens (tertiary/aromatic N) is 3. The Morgan fingerprint density at radius 2 is 2.10 bits per heavy atom. The lowest BCUT2D eigenvalue weighted by Gasteiger charge is -2.28. The molecule has 21 heavy (non-hydrogen) atoms. The van der Waals surface area contributed by atoms with E-state index in [1.165, 1.54) is 32.4 Å². The third-order valence-corrected chi connectivity index (χ3v) is 4.34. The first-order valence-electron chi connectivity index (χ1n) is 7.65. The monoisotopic (exact) mass is 285 g/mol. The summed E-state index contributed by atoms with van der Waals surface area (Å²) in [5, 5.41) is 4.50. The lowest BCUT2D eigenvalue weighted by atomic mass is 9.94.